The van der Waals surface area contributed by atoms with Crippen molar-refractivity contribution in [1.29, 1.82) is 0 Å². The van der Waals surface area contributed by atoms with Gasteiger partial charge in [0.25, 0.3) is 0 Å². The Morgan fingerprint density at radius 2 is 1.42 bits per heavy atom. The average molecular weight is 304 g/mol. The Morgan fingerprint density at radius 3 is 1.95 bits per heavy atom. The van der Waals surface area contributed by atoms with Crippen LogP contribution < -0.4 is 51.4 Å². The molecule has 0 aliphatic rings. The van der Waals surface area contributed by atoms with Crippen molar-refractivity contribution in [2.75, 3.05) is 0 Å². The topological polar surface area (TPSA) is 97.7 Å². The van der Waals surface area contributed by atoms with Gasteiger partial charge in [0.1, 0.15) is 21.6 Å². The third kappa shape index (κ3) is 4.02. The predicted molar refractivity (Wildman–Crippen MR) is 63.2 cm³/mol. The van der Waals surface area contributed by atoms with Crippen LogP contribution in [0.15, 0.2) is 47.4 Å². The van der Waals surface area contributed by atoms with Crippen molar-refractivity contribution in [3.05, 3.63) is 42.5 Å². The van der Waals surface area contributed by atoms with Gasteiger partial charge < -0.3 is 14.8 Å². The fraction of sp³-hybridized carbons (Fsp3) is 0. The first kappa shape index (κ1) is 16.6. The summed E-state index contributed by atoms with van der Waals surface area (Å²) in [5.41, 5.74) is 1.08. The van der Waals surface area contributed by atoms with Crippen molar-refractivity contribution in [3.8, 4) is 22.6 Å². The normalized spacial score (nSPS) is 10.8. The zero-order valence-electron chi connectivity index (χ0n) is 10.1. The smallest absolute Gasteiger partial charge is 0.744 e. The van der Waals surface area contributed by atoms with Crippen LogP contribution in [0.3, 0.4) is 0 Å². The Kier molecular flexibility index (Phi) is 5.57. The first-order chi connectivity index (χ1) is 8.38. The molecule has 0 amide bonds. The molecule has 0 atom stereocenters. The molecule has 0 aliphatic heterocycles. The fourth-order valence-corrected chi connectivity index (χ4v) is 2.14. The molecule has 2 aromatic carbocycles. The summed E-state index contributed by atoms with van der Waals surface area (Å²) in [6.45, 7) is 0. The maximum absolute atomic E-state index is 10.9. The number of phenolic OH excluding ortho intramolecular Hbond substituents is 2. The van der Waals surface area contributed by atoms with E-state index in [2.05, 4.69) is 0 Å². The Bertz CT molecular complexity index is 680. The predicted octanol–water partition coefficient (Wildman–Crippen LogP) is -1.33. The maximum atomic E-state index is 10.9. The van der Waals surface area contributed by atoms with Crippen LogP contribution in [0, 0.1) is 0 Å². The molecule has 94 valence electrons. The first-order valence-corrected chi connectivity index (χ1v) is 6.37. The molecule has 2 N–H and O–H groups in total. The summed E-state index contributed by atoms with van der Waals surface area (Å²) in [6, 6.07) is 9.75. The minimum absolute atomic E-state index is 0. The van der Waals surface area contributed by atoms with Gasteiger partial charge >= 0.3 is 51.4 Å². The monoisotopic (exact) mass is 304 g/mol. The Hall–Kier alpha value is -0.414. The second-order valence-electron chi connectivity index (χ2n) is 3.68. The van der Waals surface area contributed by atoms with E-state index in [-0.39, 0.29) is 57.1 Å². The van der Waals surface area contributed by atoms with E-state index in [0.29, 0.717) is 11.1 Å². The summed E-state index contributed by atoms with van der Waals surface area (Å²) in [6.07, 6.45) is 0. The van der Waals surface area contributed by atoms with E-state index < -0.39 is 20.8 Å². The number of phenols is 2. The molecule has 0 radical (unpaired) electrons. The van der Waals surface area contributed by atoms with Crippen LogP contribution in [-0.2, 0) is 10.1 Å². The van der Waals surface area contributed by atoms with Crippen LogP contribution in [-0.4, -0.2) is 23.2 Å². The molecule has 0 aromatic heterocycles. The molecule has 0 saturated carbocycles. The largest absolute Gasteiger partial charge is 1.00 e. The van der Waals surface area contributed by atoms with Gasteiger partial charge in [-0.05, 0) is 35.4 Å². The fourth-order valence-electron chi connectivity index (χ4n) is 1.55. The summed E-state index contributed by atoms with van der Waals surface area (Å²) >= 11 is 0. The molecule has 0 saturated heterocycles. The Morgan fingerprint density at radius 1 is 0.895 bits per heavy atom. The maximum Gasteiger partial charge on any atom is 1.00 e. The molecule has 5 nitrogen and oxygen atoms in total. The van der Waals surface area contributed by atoms with E-state index in [1.807, 2.05) is 0 Å². The molecule has 2 aromatic rings. The molecule has 0 unspecified atom stereocenters. The molecule has 19 heavy (non-hydrogen) atoms. The van der Waals surface area contributed by atoms with Gasteiger partial charge in [-0.25, -0.2) is 8.42 Å². The SMILES string of the molecule is O=S(=O)([O-])c1cc(-c2ccc(O)cc2)ccc1O.[K+]. The van der Waals surface area contributed by atoms with Crippen molar-refractivity contribution in [2.24, 2.45) is 0 Å². The van der Waals surface area contributed by atoms with Crippen LogP contribution >= 0.6 is 0 Å². The molecule has 0 aliphatic carbocycles. The Balaban J connectivity index is 0.00000180. The Labute approximate surface area is 153 Å². The van der Waals surface area contributed by atoms with Gasteiger partial charge in [0.15, 0.2) is 0 Å². The number of aromatic hydroxyl groups is 2. The third-order valence-corrected chi connectivity index (χ3v) is 3.30. The molecule has 0 bridgehead atoms. The molecule has 2 rings (SSSR count). The summed E-state index contributed by atoms with van der Waals surface area (Å²) in [4.78, 5) is -0.659. The zero-order valence-corrected chi connectivity index (χ0v) is 14.0. The summed E-state index contributed by atoms with van der Waals surface area (Å²) in [5, 5.41) is 18.5. The van der Waals surface area contributed by atoms with Crippen LogP contribution in [0.2, 0.25) is 0 Å². The van der Waals surface area contributed by atoms with Gasteiger partial charge in [0, 0.05) is 0 Å². The van der Waals surface area contributed by atoms with Crippen molar-refractivity contribution < 1.29 is 74.6 Å². The van der Waals surface area contributed by atoms with E-state index in [4.69, 9.17) is 5.11 Å². The third-order valence-electron chi connectivity index (χ3n) is 2.43. The van der Waals surface area contributed by atoms with E-state index >= 15 is 0 Å². The summed E-state index contributed by atoms with van der Waals surface area (Å²) < 4.78 is 32.8. The summed E-state index contributed by atoms with van der Waals surface area (Å²) in [5.74, 6) is -0.498. The van der Waals surface area contributed by atoms with Gasteiger partial charge in [-0.2, -0.15) is 0 Å². The molecule has 0 fully saturated rings. The van der Waals surface area contributed by atoms with Crippen LogP contribution in [0.25, 0.3) is 11.1 Å². The quantitative estimate of drug-likeness (QED) is 0.529. The van der Waals surface area contributed by atoms with E-state index in [1.54, 1.807) is 12.1 Å². The van der Waals surface area contributed by atoms with E-state index in [0.717, 1.165) is 12.1 Å². The van der Waals surface area contributed by atoms with Crippen LogP contribution in [0.1, 0.15) is 0 Å². The van der Waals surface area contributed by atoms with Gasteiger partial charge in [0.2, 0.25) is 0 Å². The summed E-state index contributed by atoms with van der Waals surface area (Å²) in [7, 11) is -4.72. The molecule has 0 spiro atoms. The van der Waals surface area contributed by atoms with Gasteiger partial charge in [-0.15, -0.1) is 0 Å². The minimum atomic E-state index is -4.72. The van der Waals surface area contributed by atoms with Gasteiger partial charge in [0.05, 0.1) is 4.90 Å². The second kappa shape index (κ2) is 6.36. The van der Waals surface area contributed by atoms with Gasteiger partial charge in [-0.3, -0.25) is 0 Å². The number of hydrogen-bond acceptors (Lipinski definition) is 5. The number of benzene rings is 2. The molecular weight excluding hydrogens is 295 g/mol. The first-order valence-electron chi connectivity index (χ1n) is 4.96. The van der Waals surface area contributed by atoms with Crippen molar-refractivity contribution in [3.63, 3.8) is 0 Å². The second-order valence-corrected chi connectivity index (χ2v) is 5.03. The zero-order chi connectivity index (χ0) is 13.3. The number of rotatable bonds is 2. The van der Waals surface area contributed by atoms with Crippen molar-refractivity contribution in [2.45, 2.75) is 4.90 Å². The van der Waals surface area contributed by atoms with E-state index in [9.17, 15) is 18.1 Å². The van der Waals surface area contributed by atoms with Crippen LogP contribution in [0.4, 0.5) is 0 Å². The van der Waals surface area contributed by atoms with Crippen molar-refractivity contribution in [1.82, 2.24) is 0 Å². The van der Waals surface area contributed by atoms with Crippen molar-refractivity contribution >= 4 is 10.1 Å². The minimum Gasteiger partial charge on any atom is -0.744 e. The average Bonchev–Trinajstić information content (AvgIpc) is 2.29. The van der Waals surface area contributed by atoms with Crippen LogP contribution in [0.5, 0.6) is 11.5 Å². The van der Waals surface area contributed by atoms with E-state index in [1.165, 1.54) is 18.2 Å². The van der Waals surface area contributed by atoms with Gasteiger partial charge in [-0.1, -0.05) is 18.2 Å². The standard InChI is InChI=1S/C12H10O5S.K/c13-10-4-1-8(2-5-10)9-3-6-11(14)12(7-9)18(15,16)17;/h1-7,13-14H,(H,15,16,17);/q;+1/p-1. The number of hydrogen-bond donors (Lipinski definition) is 2. The molecular formula is C12H9KO5S. The molecule has 7 heteroatoms. The molecule has 0 heterocycles.